The molecule has 5 rings (SSSR count). The van der Waals surface area contributed by atoms with Gasteiger partial charge in [-0.25, -0.2) is 0 Å². The summed E-state index contributed by atoms with van der Waals surface area (Å²) in [6.07, 6.45) is 7.09. The second-order valence-electron chi connectivity index (χ2n) is 8.02. The molecule has 5 aromatic rings. The standard InChI is InChI=1S/C25H26N6O/c26-9-7-22-24(17-5-6-18-13-28-10-8-16(18)11-17)31-32-25(22)30-15-20(27)12-19-14-29-23-4-2-1-3-21(19)23/h1-6,8,10-11,13-14,20,29-30H,7,9,12,15,26-27H2/t20-/m1/s1. The Morgan fingerprint density at radius 1 is 1.09 bits per heavy atom. The Hall–Kier alpha value is -3.68. The number of H-pyrrole nitrogens is 1. The molecule has 0 unspecified atom stereocenters. The fourth-order valence-electron chi connectivity index (χ4n) is 4.16. The normalized spacial score (nSPS) is 12.4. The van der Waals surface area contributed by atoms with Crippen LogP contribution in [0.2, 0.25) is 0 Å². The van der Waals surface area contributed by atoms with Crippen molar-refractivity contribution in [3.63, 3.8) is 0 Å². The van der Waals surface area contributed by atoms with Gasteiger partial charge in [0.05, 0.1) is 0 Å². The van der Waals surface area contributed by atoms with Gasteiger partial charge in [-0.1, -0.05) is 35.5 Å². The predicted molar refractivity (Wildman–Crippen MR) is 128 cm³/mol. The zero-order valence-corrected chi connectivity index (χ0v) is 17.7. The Labute approximate surface area is 185 Å². The van der Waals surface area contributed by atoms with E-state index in [1.807, 2.05) is 42.7 Å². The molecule has 0 saturated carbocycles. The maximum absolute atomic E-state index is 6.44. The van der Waals surface area contributed by atoms with Gasteiger partial charge < -0.3 is 26.3 Å². The average Bonchev–Trinajstić information content (AvgIpc) is 3.42. The number of hydrogen-bond donors (Lipinski definition) is 4. The second kappa shape index (κ2) is 8.82. The van der Waals surface area contributed by atoms with Gasteiger partial charge in [0.15, 0.2) is 0 Å². The summed E-state index contributed by atoms with van der Waals surface area (Å²) in [5.74, 6) is 0.634. The molecule has 0 amide bonds. The van der Waals surface area contributed by atoms with Crippen LogP contribution in [0.1, 0.15) is 11.1 Å². The molecule has 0 aliphatic rings. The summed E-state index contributed by atoms with van der Waals surface area (Å²) in [6.45, 7) is 1.07. The largest absolute Gasteiger partial charge is 0.361 e. The van der Waals surface area contributed by atoms with E-state index in [4.69, 9.17) is 16.0 Å². The lowest BCUT2D eigenvalue weighted by molar-refractivity contribution is 0.432. The van der Waals surface area contributed by atoms with Crippen molar-refractivity contribution in [1.82, 2.24) is 15.1 Å². The molecule has 0 saturated heterocycles. The molecule has 6 N–H and O–H groups in total. The number of nitrogens with two attached hydrogens (primary N) is 2. The molecule has 0 fully saturated rings. The van der Waals surface area contributed by atoms with Crippen molar-refractivity contribution in [3.05, 3.63) is 78.2 Å². The van der Waals surface area contributed by atoms with Gasteiger partial charge in [-0.3, -0.25) is 4.98 Å². The Kier molecular flexibility index (Phi) is 5.58. The topological polar surface area (TPSA) is 119 Å². The number of para-hydroxylation sites is 1. The van der Waals surface area contributed by atoms with Crippen LogP contribution >= 0.6 is 0 Å². The number of aromatic nitrogens is 3. The third kappa shape index (κ3) is 3.95. The van der Waals surface area contributed by atoms with Crippen molar-refractivity contribution in [2.45, 2.75) is 18.9 Å². The van der Waals surface area contributed by atoms with E-state index in [2.05, 4.69) is 38.6 Å². The first-order valence-electron chi connectivity index (χ1n) is 10.8. The second-order valence-corrected chi connectivity index (χ2v) is 8.02. The Morgan fingerprint density at radius 2 is 2.00 bits per heavy atom. The molecule has 0 spiro atoms. The van der Waals surface area contributed by atoms with Gasteiger partial charge >= 0.3 is 0 Å². The number of rotatable bonds is 8. The van der Waals surface area contributed by atoms with Crippen molar-refractivity contribution in [2.75, 3.05) is 18.4 Å². The third-order valence-electron chi connectivity index (χ3n) is 5.78. The van der Waals surface area contributed by atoms with Gasteiger partial charge in [-0.05, 0) is 48.5 Å². The summed E-state index contributed by atoms with van der Waals surface area (Å²) in [7, 11) is 0. The van der Waals surface area contributed by atoms with Crippen molar-refractivity contribution < 1.29 is 4.52 Å². The van der Waals surface area contributed by atoms with Gasteiger partial charge in [0, 0.05) is 58.6 Å². The summed E-state index contributed by atoms with van der Waals surface area (Å²) < 4.78 is 5.68. The van der Waals surface area contributed by atoms with Crippen LogP contribution in [0.3, 0.4) is 0 Å². The Bertz CT molecular complexity index is 1360. The van der Waals surface area contributed by atoms with Crippen molar-refractivity contribution in [1.29, 1.82) is 0 Å². The number of nitrogens with one attached hydrogen (secondary N) is 2. The predicted octanol–water partition coefficient (Wildman–Crippen LogP) is 3.85. The highest BCUT2D eigenvalue weighted by Crippen LogP contribution is 2.31. The molecule has 0 bridgehead atoms. The summed E-state index contributed by atoms with van der Waals surface area (Å²) in [4.78, 5) is 7.48. The average molecular weight is 427 g/mol. The van der Waals surface area contributed by atoms with Crippen LogP contribution in [0.15, 0.2) is 71.6 Å². The van der Waals surface area contributed by atoms with E-state index in [0.717, 1.165) is 39.5 Å². The molecule has 3 aromatic heterocycles. The molecule has 0 radical (unpaired) electrons. The number of anilines is 1. The van der Waals surface area contributed by atoms with Crippen LogP contribution in [0.5, 0.6) is 0 Å². The first-order chi connectivity index (χ1) is 15.7. The van der Waals surface area contributed by atoms with E-state index in [0.29, 0.717) is 25.4 Å². The van der Waals surface area contributed by atoms with Crippen molar-refractivity contribution in [2.24, 2.45) is 11.5 Å². The Balaban J connectivity index is 1.34. The minimum atomic E-state index is -0.0818. The molecule has 7 heteroatoms. The molecule has 1 atom stereocenters. The molecule has 162 valence electrons. The van der Waals surface area contributed by atoms with Gasteiger partial charge in [0.25, 0.3) is 0 Å². The van der Waals surface area contributed by atoms with Crippen molar-refractivity contribution >= 4 is 27.6 Å². The third-order valence-corrected chi connectivity index (χ3v) is 5.78. The van der Waals surface area contributed by atoms with E-state index in [1.165, 1.54) is 10.9 Å². The van der Waals surface area contributed by atoms with E-state index in [9.17, 15) is 0 Å². The molecule has 0 aliphatic carbocycles. The minimum Gasteiger partial charge on any atom is -0.361 e. The Morgan fingerprint density at radius 3 is 2.91 bits per heavy atom. The minimum absolute atomic E-state index is 0.0818. The number of pyridine rings is 1. The van der Waals surface area contributed by atoms with Crippen LogP contribution in [-0.4, -0.2) is 34.3 Å². The smallest absolute Gasteiger partial charge is 0.228 e. The fraction of sp³-hybridized carbons (Fsp3) is 0.200. The fourth-order valence-corrected chi connectivity index (χ4v) is 4.16. The first kappa shape index (κ1) is 20.2. The molecule has 7 nitrogen and oxygen atoms in total. The van der Waals surface area contributed by atoms with Crippen LogP contribution in [-0.2, 0) is 12.8 Å². The highest BCUT2D eigenvalue weighted by molar-refractivity contribution is 5.87. The van der Waals surface area contributed by atoms with Gasteiger partial charge in [0.2, 0.25) is 5.88 Å². The number of hydrogen-bond acceptors (Lipinski definition) is 6. The summed E-state index contributed by atoms with van der Waals surface area (Å²) in [6, 6.07) is 16.3. The number of fused-ring (bicyclic) bond motifs is 2. The molecule has 32 heavy (non-hydrogen) atoms. The number of aromatic amines is 1. The van der Waals surface area contributed by atoms with Gasteiger partial charge in [-0.15, -0.1) is 0 Å². The maximum Gasteiger partial charge on any atom is 0.228 e. The molecule has 0 aliphatic heterocycles. The number of nitrogens with zero attached hydrogens (tertiary/aromatic N) is 2. The van der Waals surface area contributed by atoms with E-state index in [1.54, 1.807) is 6.20 Å². The van der Waals surface area contributed by atoms with Crippen LogP contribution < -0.4 is 16.8 Å². The zero-order valence-electron chi connectivity index (χ0n) is 17.7. The van der Waals surface area contributed by atoms with Crippen LogP contribution in [0.4, 0.5) is 5.88 Å². The van der Waals surface area contributed by atoms with Crippen LogP contribution in [0.25, 0.3) is 32.9 Å². The molecular formula is C25H26N6O. The zero-order chi connectivity index (χ0) is 21.9. The summed E-state index contributed by atoms with van der Waals surface area (Å²) >= 11 is 0. The SMILES string of the molecule is NCCc1c(-c2ccc3cnccc3c2)noc1NC[C@H](N)Cc1c[nH]c2ccccc12. The van der Waals surface area contributed by atoms with E-state index in [-0.39, 0.29) is 6.04 Å². The van der Waals surface area contributed by atoms with Crippen LogP contribution in [0, 0.1) is 0 Å². The lowest BCUT2D eigenvalue weighted by atomic mass is 10.0. The first-order valence-corrected chi connectivity index (χ1v) is 10.8. The molecule has 3 heterocycles. The highest BCUT2D eigenvalue weighted by atomic mass is 16.5. The van der Waals surface area contributed by atoms with E-state index >= 15 is 0 Å². The summed E-state index contributed by atoms with van der Waals surface area (Å²) in [5.41, 5.74) is 17.4. The lowest BCUT2D eigenvalue weighted by Crippen LogP contribution is -2.31. The lowest BCUT2D eigenvalue weighted by Gasteiger charge is -2.12. The van der Waals surface area contributed by atoms with Crippen molar-refractivity contribution in [3.8, 4) is 11.3 Å². The number of benzene rings is 2. The highest BCUT2D eigenvalue weighted by Gasteiger charge is 2.18. The monoisotopic (exact) mass is 426 g/mol. The summed E-state index contributed by atoms with van der Waals surface area (Å²) in [5, 5.41) is 11.1. The molecule has 2 aromatic carbocycles. The van der Waals surface area contributed by atoms with E-state index < -0.39 is 0 Å². The van der Waals surface area contributed by atoms with Gasteiger partial charge in [0.1, 0.15) is 5.69 Å². The maximum atomic E-state index is 6.44. The quantitative estimate of drug-likeness (QED) is 0.299. The molecular weight excluding hydrogens is 400 g/mol. The van der Waals surface area contributed by atoms with Gasteiger partial charge in [-0.2, -0.15) is 0 Å².